The number of ether oxygens (including phenoxy) is 1. The summed E-state index contributed by atoms with van der Waals surface area (Å²) in [5, 5.41) is 3.35. The maximum Gasteiger partial charge on any atom is 0.365 e. The number of carbonyl (C=O) groups is 2. The van der Waals surface area contributed by atoms with Gasteiger partial charge >= 0.3 is 12.0 Å². The van der Waals surface area contributed by atoms with Gasteiger partial charge in [-0.15, -0.1) is 0 Å². The first kappa shape index (κ1) is 19.8. The molecule has 0 unspecified atom stereocenters. The standard InChI is InChI=1S/C23H19FN4O4/c24-18-7-6-17(16-8-13-31-20(16)18)21-26-19(22(29)32-21)14-27-9-11-28(12-10-27)23(30)25-15-4-2-1-3-5-15/h1-8,13-14H,9-12H2,(H,25,30)/b19-14+. The third-order valence-electron chi connectivity index (χ3n) is 5.35. The van der Waals surface area contributed by atoms with Crippen molar-refractivity contribution in [1.82, 2.24) is 9.80 Å². The number of aliphatic imine (C=N–C) groups is 1. The Kier molecular flexibility index (Phi) is 5.06. The molecule has 0 atom stereocenters. The molecule has 1 saturated heterocycles. The summed E-state index contributed by atoms with van der Waals surface area (Å²) in [6.07, 6.45) is 3.01. The van der Waals surface area contributed by atoms with E-state index >= 15 is 0 Å². The first-order valence-corrected chi connectivity index (χ1v) is 10.1. The molecule has 162 valence electrons. The van der Waals surface area contributed by atoms with Crippen molar-refractivity contribution in [2.75, 3.05) is 31.5 Å². The molecule has 0 bridgehead atoms. The van der Waals surface area contributed by atoms with Gasteiger partial charge < -0.3 is 24.3 Å². The van der Waals surface area contributed by atoms with Gasteiger partial charge in [0.25, 0.3) is 0 Å². The molecule has 2 aliphatic heterocycles. The van der Waals surface area contributed by atoms with Gasteiger partial charge in [0.15, 0.2) is 17.1 Å². The fourth-order valence-corrected chi connectivity index (χ4v) is 3.68. The molecule has 0 saturated carbocycles. The quantitative estimate of drug-likeness (QED) is 0.503. The second-order valence-corrected chi connectivity index (χ2v) is 7.40. The topological polar surface area (TPSA) is 87.4 Å². The van der Waals surface area contributed by atoms with Crippen LogP contribution in [-0.2, 0) is 9.53 Å². The van der Waals surface area contributed by atoms with E-state index in [-0.39, 0.29) is 23.2 Å². The van der Waals surface area contributed by atoms with Gasteiger partial charge in [0.05, 0.1) is 6.26 Å². The van der Waals surface area contributed by atoms with E-state index in [9.17, 15) is 14.0 Å². The van der Waals surface area contributed by atoms with E-state index < -0.39 is 11.8 Å². The number of carbonyl (C=O) groups excluding carboxylic acids is 2. The number of hydrogen-bond acceptors (Lipinski definition) is 6. The first-order valence-electron chi connectivity index (χ1n) is 10.1. The number of furan rings is 1. The molecule has 2 amide bonds. The summed E-state index contributed by atoms with van der Waals surface area (Å²) in [5.41, 5.74) is 1.46. The van der Waals surface area contributed by atoms with Crippen molar-refractivity contribution in [3.05, 3.63) is 78.1 Å². The number of rotatable bonds is 3. The number of cyclic esters (lactones) is 1. The number of urea groups is 1. The van der Waals surface area contributed by atoms with Gasteiger partial charge in [0.1, 0.15) is 0 Å². The number of para-hydroxylation sites is 1. The number of hydrogen-bond donors (Lipinski definition) is 1. The van der Waals surface area contributed by atoms with Crippen LogP contribution < -0.4 is 5.32 Å². The Labute approximate surface area is 182 Å². The van der Waals surface area contributed by atoms with Gasteiger partial charge in [-0.2, -0.15) is 0 Å². The number of nitrogens with one attached hydrogen (secondary N) is 1. The van der Waals surface area contributed by atoms with Crippen LogP contribution in [0.25, 0.3) is 11.0 Å². The van der Waals surface area contributed by atoms with Crippen LogP contribution in [-0.4, -0.2) is 53.9 Å². The Morgan fingerprint density at radius 2 is 1.84 bits per heavy atom. The highest BCUT2D eigenvalue weighted by Crippen LogP contribution is 2.27. The average molecular weight is 434 g/mol. The van der Waals surface area contributed by atoms with E-state index in [0.29, 0.717) is 37.1 Å². The van der Waals surface area contributed by atoms with Crippen molar-refractivity contribution in [3.63, 3.8) is 0 Å². The zero-order valence-electron chi connectivity index (χ0n) is 17.0. The molecule has 0 spiro atoms. The Morgan fingerprint density at radius 3 is 2.62 bits per heavy atom. The molecule has 1 N–H and O–H groups in total. The van der Waals surface area contributed by atoms with Gasteiger partial charge in [0, 0.05) is 49.0 Å². The maximum atomic E-state index is 13.9. The number of nitrogens with zero attached hydrogens (tertiary/aromatic N) is 3. The summed E-state index contributed by atoms with van der Waals surface area (Å²) < 4.78 is 24.3. The van der Waals surface area contributed by atoms with Crippen LogP contribution in [0.15, 0.2) is 76.1 Å². The lowest BCUT2D eigenvalue weighted by Crippen LogP contribution is -2.48. The van der Waals surface area contributed by atoms with E-state index in [2.05, 4.69) is 10.3 Å². The number of amides is 2. The molecule has 1 fully saturated rings. The molecule has 2 aromatic carbocycles. The number of piperazine rings is 1. The molecule has 0 aliphatic carbocycles. The Balaban J connectivity index is 1.26. The predicted molar refractivity (Wildman–Crippen MR) is 115 cm³/mol. The number of fused-ring (bicyclic) bond motifs is 1. The summed E-state index contributed by atoms with van der Waals surface area (Å²) in [5.74, 6) is -0.970. The number of halogens is 1. The highest BCUT2D eigenvalue weighted by molar-refractivity contribution is 6.15. The first-order chi connectivity index (χ1) is 15.6. The minimum absolute atomic E-state index is 0.0866. The van der Waals surface area contributed by atoms with Gasteiger partial charge in [-0.3, -0.25) is 0 Å². The van der Waals surface area contributed by atoms with Crippen LogP contribution in [0.1, 0.15) is 5.56 Å². The van der Waals surface area contributed by atoms with Crippen molar-refractivity contribution < 1.29 is 23.1 Å². The molecule has 1 aromatic heterocycles. The van der Waals surface area contributed by atoms with Gasteiger partial charge in [0.2, 0.25) is 5.90 Å². The smallest absolute Gasteiger partial charge is 0.365 e. The molecular formula is C23H19FN4O4. The minimum atomic E-state index is -0.578. The lowest BCUT2D eigenvalue weighted by molar-refractivity contribution is -0.130. The SMILES string of the molecule is O=C1OC(c2ccc(F)c3occc23)=N/C1=C/N1CCN(C(=O)Nc2ccccc2)CC1. The minimum Gasteiger partial charge on any atom is -0.461 e. The van der Waals surface area contributed by atoms with Crippen molar-refractivity contribution >= 4 is 34.6 Å². The monoisotopic (exact) mass is 434 g/mol. The molecule has 9 heteroatoms. The molecule has 3 aromatic rings. The molecule has 0 radical (unpaired) electrons. The van der Waals surface area contributed by atoms with Crippen LogP contribution in [0, 0.1) is 5.82 Å². The highest BCUT2D eigenvalue weighted by Gasteiger charge is 2.28. The largest absolute Gasteiger partial charge is 0.461 e. The summed E-state index contributed by atoms with van der Waals surface area (Å²) >= 11 is 0. The maximum absolute atomic E-state index is 13.9. The number of anilines is 1. The van der Waals surface area contributed by atoms with E-state index in [1.54, 1.807) is 17.2 Å². The normalized spacial score (nSPS) is 17.6. The average Bonchev–Trinajstić information content (AvgIpc) is 3.43. The molecule has 3 heterocycles. The molecule has 2 aliphatic rings. The van der Waals surface area contributed by atoms with E-state index in [1.165, 1.54) is 18.4 Å². The van der Waals surface area contributed by atoms with E-state index in [0.717, 1.165) is 5.69 Å². The van der Waals surface area contributed by atoms with Gasteiger partial charge in [-0.05, 0) is 30.3 Å². The van der Waals surface area contributed by atoms with Gasteiger partial charge in [-0.25, -0.2) is 19.0 Å². The molecular weight excluding hydrogens is 415 g/mol. The van der Waals surface area contributed by atoms with Crippen LogP contribution in [0.3, 0.4) is 0 Å². The zero-order valence-corrected chi connectivity index (χ0v) is 17.0. The lowest BCUT2D eigenvalue weighted by atomic mass is 10.1. The molecule has 8 nitrogen and oxygen atoms in total. The highest BCUT2D eigenvalue weighted by atomic mass is 19.1. The summed E-state index contributed by atoms with van der Waals surface area (Å²) in [6, 6.07) is 13.5. The van der Waals surface area contributed by atoms with Crippen LogP contribution in [0.5, 0.6) is 0 Å². The van der Waals surface area contributed by atoms with Crippen molar-refractivity contribution in [2.45, 2.75) is 0 Å². The Hall–Kier alpha value is -4.14. The van der Waals surface area contributed by atoms with Crippen molar-refractivity contribution in [3.8, 4) is 0 Å². The second-order valence-electron chi connectivity index (χ2n) is 7.40. The third kappa shape index (κ3) is 3.80. The Bertz CT molecular complexity index is 1240. The lowest BCUT2D eigenvalue weighted by Gasteiger charge is -2.34. The molecule has 5 rings (SSSR count). The number of esters is 1. The summed E-state index contributed by atoms with van der Waals surface area (Å²) in [7, 11) is 0. The van der Waals surface area contributed by atoms with Crippen molar-refractivity contribution in [2.24, 2.45) is 4.99 Å². The van der Waals surface area contributed by atoms with Crippen molar-refractivity contribution in [1.29, 1.82) is 0 Å². The van der Waals surface area contributed by atoms with Crippen LogP contribution >= 0.6 is 0 Å². The number of benzene rings is 2. The Morgan fingerprint density at radius 1 is 1.06 bits per heavy atom. The fourth-order valence-electron chi connectivity index (χ4n) is 3.68. The van der Waals surface area contributed by atoms with Crippen LogP contribution in [0.4, 0.5) is 14.9 Å². The second kappa shape index (κ2) is 8.18. The van der Waals surface area contributed by atoms with E-state index in [1.807, 2.05) is 35.2 Å². The fraction of sp³-hybridized carbons (Fsp3) is 0.174. The van der Waals surface area contributed by atoms with Gasteiger partial charge in [-0.1, -0.05) is 18.2 Å². The van der Waals surface area contributed by atoms with Crippen LogP contribution in [0.2, 0.25) is 0 Å². The predicted octanol–water partition coefficient (Wildman–Crippen LogP) is 3.57. The summed E-state index contributed by atoms with van der Waals surface area (Å²) in [4.78, 5) is 32.7. The molecule has 32 heavy (non-hydrogen) atoms. The zero-order chi connectivity index (χ0) is 22.1. The summed E-state index contributed by atoms with van der Waals surface area (Å²) in [6.45, 7) is 2.10. The van der Waals surface area contributed by atoms with E-state index in [4.69, 9.17) is 9.15 Å². The third-order valence-corrected chi connectivity index (χ3v) is 5.35.